The molecular weight excluding hydrogens is 400 g/mol. The van der Waals surface area contributed by atoms with Crippen LogP contribution >= 0.6 is 0 Å². The Morgan fingerprint density at radius 2 is 1.81 bits per heavy atom. The molecule has 3 heterocycles. The Morgan fingerprint density at radius 1 is 1.06 bits per heavy atom. The Labute approximate surface area is 190 Å². The van der Waals surface area contributed by atoms with Crippen molar-refractivity contribution in [3.8, 4) is 0 Å². The lowest BCUT2D eigenvalue weighted by atomic mass is 9.77. The van der Waals surface area contributed by atoms with Crippen LogP contribution in [0.2, 0.25) is 0 Å². The number of nitrogens with zero attached hydrogens (tertiary/aromatic N) is 4. The van der Waals surface area contributed by atoms with Gasteiger partial charge < -0.3 is 4.90 Å². The van der Waals surface area contributed by atoms with Gasteiger partial charge in [-0.1, -0.05) is 43.2 Å². The molecule has 168 valence electrons. The zero-order chi connectivity index (χ0) is 22.3. The first-order valence-electron chi connectivity index (χ1n) is 12.0. The normalized spacial score (nSPS) is 22.7. The minimum atomic E-state index is -0.386. The van der Waals surface area contributed by atoms with E-state index in [4.69, 9.17) is 9.97 Å². The fourth-order valence-corrected chi connectivity index (χ4v) is 5.91. The van der Waals surface area contributed by atoms with Gasteiger partial charge in [0.15, 0.2) is 0 Å². The first-order chi connectivity index (χ1) is 15.5. The van der Waals surface area contributed by atoms with E-state index < -0.39 is 0 Å². The first kappa shape index (κ1) is 21.1. The summed E-state index contributed by atoms with van der Waals surface area (Å²) in [5.74, 6) is 2.02. The Kier molecular flexibility index (Phi) is 5.48. The maximum absolute atomic E-state index is 13.9. The second kappa shape index (κ2) is 8.30. The van der Waals surface area contributed by atoms with E-state index in [1.54, 1.807) is 11.9 Å². The van der Waals surface area contributed by atoms with E-state index in [1.807, 2.05) is 25.1 Å². The summed E-state index contributed by atoms with van der Waals surface area (Å²) in [5, 5.41) is 0. The smallest absolute Gasteiger partial charge is 0.233 e. The molecule has 1 saturated heterocycles. The van der Waals surface area contributed by atoms with Crippen LogP contribution in [-0.4, -0.2) is 46.8 Å². The number of hydrogen-bond acceptors (Lipinski definition) is 4. The highest BCUT2D eigenvalue weighted by Gasteiger charge is 2.46. The van der Waals surface area contributed by atoms with Crippen molar-refractivity contribution < 1.29 is 9.59 Å². The molecule has 6 nitrogen and oxygen atoms in total. The van der Waals surface area contributed by atoms with Crippen LogP contribution < -0.4 is 4.90 Å². The summed E-state index contributed by atoms with van der Waals surface area (Å²) in [6, 6.07) is 10.3. The molecule has 0 bridgehead atoms. The zero-order valence-electron chi connectivity index (χ0n) is 19.1. The number of fused-ring (bicyclic) bond motifs is 1. The third-order valence-electron chi connectivity index (χ3n) is 7.76. The fourth-order valence-electron chi connectivity index (χ4n) is 5.91. The van der Waals surface area contributed by atoms with Gasteiger partial charge in [-0.25, -0.2) is 9.97 Å². The summed E-state index contributed by atoms with van der Waals surface area (Å²) < 4.78 is 0. The van der Waals surface area contributed by atoms with Gasteiger partial charge in [0.25, 0.3) is 0 Å². The standard InChI is InChI=1S/C26H32N4O2/c1-18-21-12-13-22(31)29(2)24(21)28-23(27-18)19-9-8-16-30(17-19)25(32)26(14-6-7-15-26)20-10-4-3-5-11-20/h3-5,10-11,19H,6-9,12-17H2,1-2H3/t19-/m0/s1. The van der Waals surface area contributed by atoms with Gasteiger partial charge in [-0.15, -0.1) is 0 Å². The van der Waals surface area contributed by atoms with Gasteiger partial charge in [0, 0.05) is 43.7 Å². The van der Waals surface area contributed by atoms with Crippen molar-refractivity contribution in [2.24, 2.45) is 0 Å². The summed E-state index contributed by atoms with van der Waals surface area (Å²) in [4.78, 5) is 39.6. The van der Waals surface area contributed by atoms with E-state index in [0.29, 0.717) is 19.4 Å². The molecule has 3 aliphatic rings. The van der Waals surface area contributed by atoms with E-state index in [-0.39, 0.29) is 23.1 Å². The molecular formula is C26H32N4O2. The predicted molar refractivity (Wildman–Crippen MR) is 124 cm³/mol. The van der Waals surface area contributed by atoms with Crippen molar-refractivity contribution in [2.75, 3.05) is 25.0 Å². The molecule has 1 aromatic heterocycles. The van der Waals surface area contributed by atoms with Gasteiger partial charge in [-0.3, -0.25) is 14.5 Å². The summed E-state index contributed by atoms with van der Waals surface area (Å²) in [7, 11) is 1.80. The Bertz CT molecular complexity index is 1030. The molecule has 2 amide bonds. The molecule has 1 saturated carbocycles. The average Bonchev–Trinajstić information content (AvgIpc) is 3.33. The van der Waals surface area contributed by atoms with Crippen LogP contribution in [-0.2, 0) is 21.4 Å². The van der Waals surface area contributed by atoms with Gasteiger partial charge >= 0.3 is 0 Å². The molecule has 1 atom stereocenters. The Hall–Kier alpha value is -2.76. The Morgan fingerprint density at radius 3 is 2.56 bits per heavy atom. The molecule has 2 aliphatic heterocycles. The van der Waals surface area contributed by atoms with E-state index >= 15 is 0 Å². The monoisotopic (exact) mass is 432 g/mol. The fraction of sp³-hybridized carbons (Fsp3) is 0.538. The number of rotatable bonds is 3. The number of benzene rings is 1. The van der Waals surface area contributed by atoms with Crippen LogP contribution in [0.15, 0.2) is 30.3 Å². The quantitative estimate of drug-likeness (QED) is 0.738. The number of aromatic nitrogens is 2. The number of piperidine rings is 1. The number of carbonyl (C=O) groups is 2. The second-order valence-electron chi connectivity index (χ2n) is 9.67. The van der Waals surface area contributed by atoms with Gasteiger partial charge in [0.2, 0.25) is 11.8 Å². The molecule has 2 fully saturated rings. The van der Waals surface area contributed by atoms with Crippen molar-refractivity contribution in [2.45, 2.75) is 69.6 Å². The van der Waals surface area contributed by atoms with Crippen molar-refractivity contribution in [3.05, 3.63) is 53.0 Å². The average molecular weight is 433 g/mol. The highest BCUT2D eigenvalue weighted by atomic mass is 16.2. The minimum Gasteiger partial charge on any atom is -0.341 e. The maximum Gasteiger partial charge on any atom is 0.233 e. The molecule has 32 heavy (non-hydrogen) atoms. The number of aryl methyl sites for hydroxylation is 1. The molecule has 0 unspecified atom stereocenters. The number of anilines is 1. The summed E-state index contributed by atoms with van der Waals surface area (Å²) in [6.45, 7) is 3.47. The number of likely N-dealkylation sites (tertiary alicyclic amines) is 1. The van der Waals surface area contributed by atoms with Crippen molar-refractivity contribution >= 4 is 17.6 Å². The summed E-state index contributed by atoms with van der Waals surface area (Å²) in [6.07, 6.45) is 7.21. The summed E-state index contributed by atoms with van der Waals surface area (Å²) >= 11 is 0. The van der Waals surface area contributed by atoms with Gasteiger partial charge in [-0.2, -0.15) is 0 Å². The predicted octanol–water partition coefficient (Wildman–Crippen LogP) is 3.91. The van der Waals surface area contributed by atoms with Crippen molar-refractivity contribution in [1.29, 1.82) is 0 Å². The zero-order valence-corrected chi connectivity index (χ0v) is 19.1. The molecule has 0 N–H and O–H groups in total. The third kappa shape index (κ3) is 3.50. The molecule has 5 rings (SSSR count). The third-order valence-corrected chi connectivity index (χ3v) is 7.76. The molecule has 0 radical (unpaired) electrons. The number of amides is 2. The molecule has 1 aliphatic carbocycles. The Balaban J connectivity index is 1.42. The lowest BCUT2D eigenvalue weighted by molar-refractivity contribution is -0.138. The van der Waals surface area contributed by atoms with Gasteiger partial charge in [-0.05, 0) is 44.6 Å². The van der Waals surface area contributed by atoms with Gasteiger partial charge in [0.05, 0.1) is 5.41 Å². The van der Waals surface area contributed by atoms with Crippen LogP contribution in [0.1, 0.15) is 73.5 Å². The minimum absolute atomic E-state index is 0.105. The van der Waals surface area contributed by atoms with Gasteiger partial charge in [0.1, 0.15) is 11.6 Å². The van der Waals surface area contributed by atoms with Crippen molar-refractivity contribution in [1.82, 2.24) is 14.9 Å². The lowest BCUT2D eigenvalue weighted by Gasteiger charge is -2.39. The maximum atomic E-state index is 13.9. The summed E-state index contributed by atoms with van der Waals surface area (Å²) in [5.41, 5.74) is 2.81. The molecule has 2 aromatic rings. The number of hydrogen-bond donors (Lipinski definition) is 0. The molecule has 6 heteroatoms. The SMILES string of the molecule is Cc1nc([C@H]2CCCN(C(=O)C3(c4ccccc4)CCCC3)C2)nc2c1CCC(=O)N2C. The van der Waals surface area contributed by atoms with Crippen LogP contribution in [0.3, 0.4) is 0 Å². The second-order valence-corrected chi connectivity index (χ2v) is 9.67. The van der Waals surface area contributed by atoms with Crippen LogP contribution in [0.5, 0.6) is 0 Å². The van der Waals surface area contributed by atoms with Crippen LogP contribution in [0.4, 0.5) is 5.82 Å². The molecule has 1 aromatic carbocycles. The van der Waals surface area contributed by atoms with E-state index in [1.165, 1.54) is 0 Å². The first-order valence-corrected chi connectivity index (χ1v) is 12.0. The molecule has 0 spiro atoms. The van der Waals surface area contributed by atoms with Crippen LogP contribution in [0.25, 0.3) is 0 Å². The van der Waals surface area contributed by atoms with E-state index in [9.17, 15) is 9.59 Å². The highest BCUT2D eigenvalue weighted by Crippen LogP contribution is 2.43. The van der Waals surface area contributed by atoms with E-state index in [2.05, 4.69) is 17.0 Å². The topological polar surface area (TPSA) is 66.4 Å². The van der Waals surface area contributed by atoms with Crippen LogP contribution in [0, 0.1) is 6.92 Å². The van der Waals surface area contributed by atoms with Crippen molar-refractivity contribution in [3.63, 3.8) is 0 Å². The highest BCUT2D eigenvalue weighted by molar-refractivity contribution is 5.94. The lowest BCUT2D eigenvalue weighted by Crippen LogP contribution is -2.49. The number of carbonyl (C=O) groups excluding carboxylic acids is 2. The van der Waals surface area contributed by atoms with E-state index in [0.717, 1.165) is 73.5 Å². The largest absolute Gasteiger partial charge is 0.341 e.